The summed E-state index contributed by atoms with van der Waals surface area (Å²) in [4.78, 5) is 38.2. The molecule has 0 aromatic carbocycles. The average Bonchev–Trinajstić information content (AvgIpc) is 3.41. The quantitative estimate of drug-likeness (QED) is 0.0261. The van der Waals surface area contributed by atoms with Crippen molar-refractivity contribution in [2.24, 2.45) is 0 Å². The van der Waals surface area contributed by atoms with Crippen molar-refractivity contribution in [3.63, 3.8) is 0 Å². The predicted molar refractivity (Wildman–Crippen MR) is 325 cm³/mol. The van der Waals surface area contributed by atoms with Gasteiger partial charge in [-0.1, -0.05) is 256 Å². The van der Waals surface area contributed by atoms with Crippen LogP contribution in [0.2, 0.25) is 0 Å². The van der Waals surface area contributed by atoms with Gasteiger partial charge in [0, 0.05) is 12.8 Å². The molecule has 0 saturated heterocycles. The summed E-state index contributed by atoms with van der Waals surface area (Å²) in [6, 6.07) is 0. The number of carbonyl (C=O) groups is 3. The lowest BCUT2D eigenvalue weighted by Crippen LogP contribution is -2.30. The van der Waals surface area contributed by atoms with Crippen LogP contribution in [0.1, 0.15) is 252 Å². The van der Waals surface area contributed by atoms with Crippen LogP contribution < -0.4 is 0 Å². The second-order valence-corrected chi connectivity index (χ2v) is 19.5. The van der Waals surface area contributed by atoms with Crippen LogP contribution in [-0.2, 0) is 28.6 Å². The van der Waals surface area contributed by atoms with Crippen LogP contribution in [0.4, 0.5) is 0 Å². The third-order valence-electron chi connectivity index (χ3n) is 12.3. The molecular formula is C69H110O6. The maximum atomic E-state index is 12.9. The molecule has 0 aromatic heterocycles. The second-order valence-electron chi connectivity index (χ2n) is 19.5. The minimum atomic E-state index is -0.844. The Labute approximate surface area is 461 Å². The van der Waals surface area contributed by atoms with Crippen molar-refractivity contribution in [3.8, 4) is 0 Å². The molecule has 0 amide bonds. The maximum Gasteiger partial charge on any atom is 0.309 e. The minimum absolute atomic E-state index is 0.113. The molecule has 0 bridgehead atoms. The number of unbranched alkanes of at least 4 members (excludes halogenated alkanes) is 19. The number of hydrogen-bond acceptors (Lipinski definition) is 6. The van der Waals surface area contributed by atoms with Gasteiger partial charge < -0.3 is 14.2 Å². The van der Waals surface area contributed by atoms with E-state index in [1.165, 1.54) is 103 Å². The first-order chi connectivity index (χ1) is 37.0. The maximum absolute atomic E-state index is 12.9. The lowest BCUT2D eigenvalue weighted by molar-refractivity contribution is -0.166. The van der Waals surface area contributed by atoms with Gasteiger partial charge in [-0.05, 0) is 122 Å². The van der Waals surface area contributed by atoms with Crippen molar-refractivity contribution in [2.75, 3.05) is 13.2 Å². The van der Waals surface area contributed by atoms with Crippen LogP contribution in [0.5, 0.6) is 0 Å². The molecule has 0 aromatic rings. The minimum Gasteiger partial charge on any atom is -0.462 e. The molecule has 0 N–H and O–H groups in total. The summed E-state index contributed by atoms with van der Waals surface area (Å²) in [5, 5.41) is 0. The molecule has 0 radical (unpaired) electrons. The molecular weight excluding hydrogens is 925 g/mol. The Morgan fingerprint density at radius 1 is 0.293 bits per heavy atom. The Bertz CT molecular complexity index is 1660. The van der Waals surface area contributed by atoms with E-state index in [-0.39, 0.29) is 38.0 Å². The van der Waals surface area contributed by atoms with Crippen molar-refractivity contribution in [1.29, 1.82) is 0 Å². The highest BCUT2D eigenvalue weighted by Crippen LogP contribution is 2.14. The third kappa shape index (κ3) is 60.0. The molecule has 6 heteroatoms. The molecule has 6 nitrogen and oxygen atoms in total. The zero-order chi connectivity index (χ0) is 54.3. The topological polar surface area (TPSA) is 78.9 Å². The number of hydrogen-bond donors (Lipinski definition) is 0. The van der Waals surface area contributed by atoms with Gasteiger partial charge in [-0.25, -0.2) is 0 Å². The lowest BCUT2D eigenvalue weighted by Gasteiger charge is -2.18. The van der Waals surface area contributed by atoms with Crippen LogP contribution >= 0.6 is 0 Å². The Morgan fingerprint density at radius 2 is 0.573 bits per heavy atom. The zero-order valence-electron chi connectivity index (χ0n) is 48.3. The molecule has 0 spiro atoms. The first-order valence-corrected chi connectivity index (χ1v) is 30.3. The van der Waals surface area contributed by atoms with Gasteiger partial charge in [0.1, 0.15) is 13.2 Å². The van der Waals surface area contributed by atoms with Gasteiger partial charge in [-0.3, -0.25) is 14.4 Å². The fourth-order valence-electron chi connectivity index (χ4n) is 7.87. The van der Waals surface area contributed by atoms with Crippen molar-refractivity contribution < 1.29 is 28.6 Å². The molecule has 0 aliphatic heterocycles. The van der Waals surface area contributed by atoms with Crippen molar-refractivity contribution >= 4 is 17.9 Å². The van der Waals surface area contributed by atoms with E-state index in [2.05, 4.69) is 154 Å². The standard InChI is InChI=1S/C69H110O6/c1-4-7-10-13-16-19-22-25-28-30-32-34-36-38-41-44-47-50-53-56-59-62-68(71)74-65-66(64-73-67(70)61-58-55-52-49-46-43-40-27-24-21-18-15-12-9-6-3)75-69(72)63-60-57-54-51-48-45-42-39-37-35-33-31-29-26-23-20-17-14-11-8-5-2/h7,9-10,12,16,18-19,21,25,27-28,31-34,38,40-41,46-47,49-50,55,58,66H,4-6,8,11,13-15,17,20,22-24,26,29-30,35-37,39,42-45,48,51-54,56-57,59-65H2,1-3H3/b10-7-,12-9-,19-16-,21-18-,28-25-,33-31-,34-32-,40-27-,41-38-,49-46-,50-47-,58-55-. The average molecular weight is 1040 g/mol. The van der Waals surface area contributed by atoms with Gasteiger partial charge in [-0.15, -0.1) is 0 Å². The van der Waals surface area contributed by atoms with E-state index >= 15 is 0 Å². The highest BCUT2D eigenvalue weighted by Gasteiger charge is 2.19. The highest BCUT2D eigenvalue weighted by molar-refractivity contribution is 5.72. The van der Waals surface area contributed by atoms with Gasteiger partial charge in [0.2, 0.25) is 0 Å². The molecule has 1 unspecified atom stereocenters. The molecule has 75 heavy (non-hydrogen) atoms. The first kappa shape index (κ1) is 70.3. The molecule has 0 aliphatic carbocycles. The monoisotopic (exact) mass is 1030 g/mol. The number of esters is 3. The van der Waals surface area contributed by atoms with Gasteiger partial charge >= 0.3 is 17.9 Å². The SMILES string of the molecule is CC/C=C\C/C=C\C/C=C\C/C=C\C/C=C\C/C=C\CCCCC(=O)OCC(COC(=O)C/C=C\C/C=C\C/C=C\C/C=C\C/C=C\CC)OC(=O)CCCCCCCCCCC/C=C\CCCCCCCCCC. The van der Waals surface area contributed by atoms with Crippen LogP contribution in [-0.4, -0.2) is 37.2 Å². The summed E-state index contributed by atoms with van der Waals surface area (Å²) in [5.41, 5.74) is 0. The van der Waals surface area contributed by atoms with Gasteiger partial charge in [0.25, 0.3) is 0 Å². The van der Waals surface area contributed by atoms with Crippen LogP contribution in [0.15, 0.2) is 146 Å². The Hall–Kier alpha value is -4.71. The number of allylic oxidation sites excluding steroid dienone is 23. The zero-order valence-corrected chi connectivity index (χ0v) is 48.3. The van der Waals surface area contributed by atoms with Crippen molar-refractivity contribution in [1.82, 2.24) is 0 Å². The number of ether oxygens (including phenoxy) is 3. The summed E-state index contributed by atoms with van der Waals surface area (Å²) >= 11 is 0. The molecule has 422 valence electrons. The summed E-state index contributed by atoms with van der Waals surface area (Å²) < 4.78 is 16.7. The molecule has 1 atom stereocenters. The normalized spacial score (nSPS) is 13.2. The lowest BCUT2D eigenvalue weighted by atomic mass is 10.1. The molecule has 0 heterocycles. The van der Waals surface area contributed by atoms with E-state index in [1.54, 1.807) is 6.08 Å². The summed E-state index contributed by atoms with van der Waals surface area (Å²) in [6.45, 7) is 6.28. The van der Waals surface area contributed by atoms with Crippen molar-refractivity contribution in [2.45, 2.75) is 258 Å². The fraction of sp³-hybridized carbons (Fsp3) is 0.609. The van der Waals surface area contributed by atoms with E-state index < -0.39 is 12.1 Å². The first-order valence-electron chi connectivity index (χ1n) is 30.3. The number of carbonyl (C=O) groups excluding carboxylic acids is 3. The van der Waals surface area contributed by atoms with Crippen LogP contribution in [0, 0.1) is 0 Å². The molecule has 0 fully saturated rings. The van der Waals surface area contributed by atoms with Gasteiger partial charge in [0.15, 0.2) is 6.10 Å². The smallest absolute Gasteiger partial charge is 0.309 e. The third-order valence-corrected chi connectivity index (χ3v) is 12.3. The van der Waals surface area contributed by atoms with Crippen molar-refractivity contribution in [3.05, 3.63) is 146 Å². The Morgan fingerprint density at radius 3 is 0.973 bits per heavy atom. The Balaban J connectivity index is 4.55. The van der Waals surface area contributed by atoms with Crippen LogP contribution in [0.25, 0.3) is 0 Å². The van der Waals surface area contributed by atoms with E-state index in [1.807, 2.05) is 6.08 Å². The largest absolute Gasteiger partial charge is 0.462 e. The highest BCUT2D eigenvalue weighted by atomic mass is 16.6. The van der Waals surface area contributed by atoms with E-state index in [9.17, 15) is 14.4 Å². The molecule has 0 rings (SSSR count). The van der Waals surface area contributed by atoms with E-state index in [4.69, 9.17) is 14.2 Å². The van der Waals surface area contributed by atoms with Crippen LogP contribution in [0.3, 0.4) is 0 Å². The predicted octanol–water partition coefficient (Wildman–Crippen LogP) is 20.8. The number of rotatable bonds is 53. The van der Waals surface area contributed by atoms with Gasteiger partial charge in [0.05, 0.1) is 6.42 Å². The fourth-order valence-corrected chi connectivity index (χ4v) is 7.87. The summed E-state index contributed by atoms with van der Waals surface area (Å²) in [5.74, 6) is -1.11. The molecule has 0 aliphatic rings. The summed E-state index contributed by atoms with van der Waals surface area (Å²) in [6.07, 6.45) is 88.7. The van der Waals surface area contributed by atoms with E-state index in [0.717, 1.165) is 103 Å². The molecule has 0 saturated carbocycles. The van der Waals surface area contributed by atoms with E-state index in [0.29, 0.717) is 12.8 Å². The Kier molecular flexibility index (Phi) is 58.0. The second kappa shape index (κ2) is 61.8. The summed E-state index contributed by atoms with van der Waals surface area (Å²) in [7, 11) is 0. The van der Waals surface area contributed by atoms with Gasteiger partial charge in [-0.2, -0.15) is 0 Å².